The SMILES string of the molecule is CCc1ccc(-c2ccc(OCCC(c3ccccc3)c3ccccc3)cc2)cc1. The van der Waals surface area contributed by atoms with Gasteiger partial charge in [-0.1, -0.05) is 104 Å². The van der Waals surface area contributed by atoms with Gasteiger partial charge in [0.1, 0.15) is 5.75 Å². The highest BCUT2D eigenvalue weighted by Crippen LogP contribution is 2.28. The van der Waals surface area contributed by atoms with Gasteiger partial charge < -0.3 is 4.74 Å². The van der Waals surface area contributed by atoms with E-state index in [1.165, 1.54) is 27.8 Å². The molecule has 30 heavy (non-hydrogen) atoms. The van der Waals surface area contributed by atoms with Gasteiger partial charge in [0, 0.05) is 5.92 Å². The van der Waals surface area contributed by atoms with Crippen molar-refractivity contribution in [3.05, 3.63) is 126 Å². The highest BCUT2D eigenvalue weighted by molar-refractivity contribution is 5.64. The van der Waals surface area contributed by atoms with Crippen LogP contribution in [0, 0.1) is 0 Å². The lowest BCUT2D eigenvalue weighted by molar-refractivity contribution is 0.304. The third-order valence-electron chi connectivity index (χ3n) is 5.63. The summed E-state index contributed by atoms with van der Waals surface area (Å²) in [4.78, 5) is 0. The number of hydrogen-bond donors (Lipinski definition) is 0. The van der Waals surface area contributed by atoms with Crippen LogP contribution in [0.1, 0.15) is 36.0 Å². The van der Waals surface area contributed by atoms with Crippen molar-refractivity contribution in [1.82, 2.24) is 0 Å². The molecular weight excluding hydrogens is 364 g/mol. The van der Waals surface area contributed by atoms with Crippen LogP contribution in [0.15, 0.2) is 109 Å². The van der Waals surface area contributed by atoms with Crippen LogP contribution >= 0.6 is 0 Å². The molecule has 4 rings (SSSR count). The lowest BCUT2D eigenvalue weighted by Gasteiger charge is -2.18. The van der Waals surface area contributed by atoms with E-state index in [9.17, 15) is 0 Å². The lowest BCUT2D eigenvalue weighted by Crippen LogP contribution is -2.07. The summed E-state index contributed by atoms with van der Waals surface area (Å²) in [5.41, 5.74) is 6.49. The van der Waals surface area contributed by atoms with Crippen molar-refractivity contribution in [3.63, 3.8) is 0 Å². The minimum absolute atomic E-state index is 0.337. The van der Waals surface area contributed by atoms with E-state index in [1.807, 2.05) is 0 Å². The van der Waals surface area contributed by atoms with Crippen LogP contribution in [-0.2, 0) is 6.42 Å². The molecule has 0 aliphatic rings. The Hall–Kier alpha value is -3.32. The predicted octanol–water partition coefficient (Wildman–Crippen LogP) is 7.52. The molecule has 0 radical (unpaired) electrons. The van der Waals surface area contributed by atoms with E-state index in [1.54, 1.807) is 0 Å². The standard InChI is InChI=1S/C29H28O/c1-2-23-13-15-24(16-14-23)25-17-19-28(20-18-25)30-22-21-29(26-9-5-3-6-10-26)27-11-7-4-8-12-27/h3-20,29H,2,21-22H2,1H3. The van der Waals surface area contributed by atoms with Crippen LogP contribution in [0.3, 0.4) is 0 Å². The first-order valence-electron chi connectivity index (χ1n) is 10.8. The molecule has 0 bridgehead atoms. The van der Waals surface area contributed by atoms with Crippen molar-refractivity contribution >= 4 is 0 Å². The Morgan fingerprint density at radius 1 is 0.600 bits per heavy atom. The van der Waals surface area contributed by atoms with Gasteiger partial charge >= 0.3 is 0 Å². The molecule has 0 spiro atoms. The van der Waals surface area contributed by atoms with Gasteiger partial charge in [-0.2, -0.15) is 0 Å². The minimum atomic E-state index is 0.337. The van der Waals surface area contributed by atoms with Crippen molar-refractivity contribution in [2.45, 2.75) is 25.7 Å². The normalized spacial score (nSPS) is 10.9. The first-order chi connectivity index (χ1) is 14.8. The molecule has 1 heteroatoms. The summed E-state index contributed by atoms with van der Waals surface area (Å²) in [6, 6.07) is 38.6. The molecule has 1 nitrogen and oxygen atoms in total. The summed E-state index contributed by atoms with van der Waals surface area (Å²) in [5.74, 6) is 1.26. The zero-order valence-corrected chi connectivity index (χ0v) is 17.5. The zero-order valence-electron chi connectivity index (χ0n) is 17.5. The van der Waals surface area contributed by atoms with Gasteiger partial charge in [-0.15, -0.1) is 0 Å². The highest BCUT2D eigenvalue weighted by Gasteiger charge is 2.14. The molecule has 0 aromatic heterocycles. The van der Waals surface area contributed by atoms with Gasteiger partial charge in [0.05, 0.1) is 6.61 Å². The molecule has 0 saturated carbocycles. The summed E-state index contributed by atoms with van der Waals surface area (Å²) in [6.07, 6.45) is 2.01. The second-order valence-corrected chi connectivity index (χ2v) is 7.59. The van der Waals surface area contributed by atoms with Gasteiger partial charge in [-0.05, 0) is 52.8 Å². The Kier molecular flexibility index (Phi) is 6.61. The third-order valence-corrected chi connectivity index (χ3v) is 5.63. The van der Waals surface area contributed by atoms with E-state index in [4.69, 9.17) is 4.74 Å². The lowest BCUT2D eigenvalue weighted by atomic mass is 9.89. The second kappa shape index (κ2) is 9.93. The van der Waals surface area contributed by atoms with Crippen molar-refractivity contribution in [1.29, 1.82) is 0 Å². The molecule has 150 valence electrons. The fraction of sp³-hybridized carbons (Fsp3) is 0.172. The van der Waals surface area contributed by atoms with Crippen LogP contribution in [0.5, 0.6) is 5.75 Å². The molecular formula is C29H28O. The van der Waals surface area contributed by atoms with Crippen LogP contribution < -0.4 is 4.74 Å². The number of benzene rings is 4. The van der Waals surface area contributed by atoms with E-state index >= 15 is 0 Å². The van der Waals surface area contributed by atoms with E-state index in [0.29, 0.717) is 12.5 Å². The molecule has 0 aliphatic heterocycles. The molecule has 0 fully saturated rings. The summed E-state index contributed by atoms with van der Waals surface area (Å²) >= 11 is 0. The molecule has 0 unspecified atom stereocenters. The van der Waals surface area contributed by atoms with Gasteiger partial charge in [-0.25, -0.2) is 0 Å². The fourth-order valence-electron chi connectivity index (χ4n) is 3.87. The summed E-state index contributed by atoms with van der Waals surface area (Å²) in [7, 11) is 0. The van der Waals surface area contributed by atoms with Gasteiger partial charge in [-0.3, -0.25) is 0 Å². The topological polar surface area (TPSA) is 9.23 Å². The molecule has 4 aromatic carbocycles. The van der Waals surface area contributed by atoms with Crippen LogP contribution in [0.4, 0.5) is 0 Å². The van der Waals surface area contributed by atoms with Crippen LogP contribution in [0.25, 0.3) is 11.1 Å². The first kappa shape index (κ1) is 20.0. The summed E-state index contributed by atoms with van der Waals surface area (Å²) in [5, 5.41) is 0. The van der Waals surface area contributed by atoms with Gasteiger partial charge in [0.25, 0.3) is 0 Å². The minimum Gasteiger partial charge on any atom is -0.494 e. The maximum atomic E-state index is 6.11. The number of ether oxygens (including phenoxy) is 1. The highest BCUT2D eigenvalue weighted by atomic mass is 16.5. The van der Waals surface area contributed by atoms with Crippen molar-refractivity contribution in [3.8, 4) is 16.9 Å². The Morgan fingerprint density at radius 2 is 1.10 bits per heavy atom. The summed E-state index contributed by atoms with van der Waals surface area (Å²) < 4.78 is 6.11. The van der Waals surface area contributed by atoms with E-state index in [0.717, 1.165) is 18.6 Å². The monoisotopic (exact) mass is 392 g/mol. The van der Waals surface area contributed by atoms with E-state index < -0.39 is 0 Å². The Labute approximate surface area is 180 Å². The summed E-state index contributed by atoms with van der Waals surface area (Å²) in [6.45, 7) is 2.86. The number of aryl methyl sites for hydroxylation is 1. The van der Waals surface area contributed by atoms with E-state index in [-0.39, 0.29) is 0 Å². The Morgan fingerprint density at radius 3 is 1.60 bits per heavy atom. The molecule has 0 aliphatic carbocycles. The quantitative estimate of drug-likeness (QED) is 0.301. The molecule has 4 aromatic rings. The fourth-order valence-corrected chi connectivity index (χ4v) is 3.87. The Balaban J connectivity index is 1.40. The Bertz CT molecular complexity index is 980. The van der Waals surface area contributed by atoms with Crippen molar-refractivity contribution in [2.24, 2.45) is 0 Å². The van der Waals surface area contributed by atoms with Crippen molar-refractivity contribution < 1.29 is 4.74 Å². The average Bonchev–Trinajstić information content (AvgIpc) is 2.83. The second-order valence-electron chi connectivity index (χ2n) is 7.59. The predicted molar refractivity (Wildman–Crippen MR) is 126 cm³/mol. The molecule has 0 saturated heterocycles. The smallest absolute Gasteiger partial charge is 0.119 e. The molecule has 0 atom stereocenters. The maximum absolute atomic E-state index is 6.11. The van der Waals surface area contributed by atoms with E-state index in [2.05, 4.69) is 116 Å². The number of hydrogen-bond acceptors (Lipinski definition) is 1. The third kappa shape index (κ3) is 4.99. The molecule has 0 amide bonds. The van der Waals surface area contributed by atoms with Crippen LogP contribution in [-0.4, -0.2) is 6.61 Å². The largest absolute Gasteiger partial charge is 0.494 e. The number of rotatable bonds is 8. The van der Waals surface area contributed by atoms with Gasteiger partial charge in [0.2, 0.25) is 0 Å². The molecule has 0 N–H and O–H groups in total. The zero-order chi connectivity index (χ0) is 20.6. The maximum Gasteiger partial charge on any atom is 0.119 e. The molecule has 0 heterocycles. The average molecular weight is 393 g/mol. The van der Waals surface area contributed by atoms with Gasteiger partial charge in [0.15, 0.2) is 0 Å². The first-order valence-corrected chi connectivity index (χ1v) is 10.8. The van der Waals surface area contributed by atoms with Crippen molar-refractivity contribution in [2.75, 3.05) is 6.61 Å². The van der Waals surface area contributed by atoms with Crippen LogP contribution in [0.2, 0.25) is 0 Å².